The number of halogens is 1. The first-order valence-corrected chi connectivity index (χ1v) is 7.12. The van der Waals surface area contributed by atoms with Crippen LogP contribution in [0.5, 0.6) is 0 Å². The van der Waals surface area contributed by atoms with Gasteiger partial charge in [-0.1, -0.05) is 29.8 Å². The van der Waals surface area contributed by atoms with Crippen LogP contribution < -0.4 is 0 Å². The Kier molecular flexibility index (Phi) is 3.80. The predicted octanol–water partition coefficient (Wildman–Crippen LogP) is 3.77. The molecule has 0 aliphatic rings. The Morgan fingerprint density at radius 2 is 1.87 bits per heavy atom. The van der Waals surface area contributed by atoms with Crippen molar-refractivity contribution in [2.45, 2.75) is 0 Å². The third kappa shape index (κ3) is 2.55. The van der Waals surface area contributed by atoms with E-state index in [2.05, 4.69) is 0 Å². The third-order valence-electron chi connectivity index (χ3n) is 3.57. The molecule has 0 aliphatic heterocycles. The minimum Gasteiger partial charge on any atom is -0.478 e. The van der Waals surface area contributed by atoms with Crippen LogP contribution in [0.1, 0.15) is 20.7 Å². The van der Waals surface area contributed by atoms with Gasteiger partial charge in [0.25, 0.3) is 0 Å². The maximum absolute atomic E-state index is 12.0. The van der Waals surface area contributed by atoms with Crippen LogP contribution in [0.25, 0.3) is 16.6 Å². The minimum atomic E-state index is -1.07. The molecule has 0 bridgehead atoms. The molecule has 3 rings (SSSR count). The molecule has 116 valence electrons. The van der Waals surface area contributed by atoms with Gasteiger partial charge in [0, 0.05) is 16.6 Å². The van der Waals surface area contributed by atoms with E-state index in [0.29, 0.717) is 27.2 Å². The van der Waals surface area contributed by atoms with E-state index in [-0.39, 0.29) is 5.56 Å². The fourth-order valence-electron chi connectivity index (χ4n) is 2.54. The van der Waals surface area contributed by atoms with Crippen LogP contribution >= 0.6 is 11.6 Å². The maximum Gasteiger partial charge on any atom is 0.340 e. The number of rotatable bonds is 3. The highest BCUT2D eigenvalue weighted by atomic mass is 35.5. The lowest BCUT2D eigenvalue weighted by Gasteiger charge is -2.09. The Hall–Kier alpha value is -2.79. The summed E-state index contributed by atoms with van der Waals surface area (Å²) in [6.07, 6.45) is 1.56. The summed E-state index contributed by atoms with van der Waals surface area (Å²) in [6.45, 7) is 0. The number of methoxy groups -OCH3 is 1. The Bertz CT molecular complexity index is 929. The van der Waals surface area contributed by atoms with Crippen LogP contribution in [0, 0.1) is 0 Å². The lowest BCUT2D eigenvalue weighted by molar-refractivity contribution is 0.0602. The highest BCUT2D eigenvalue weighted by Crippen LogP contribution is 2.28. The van der Waals surface area contributed by atoms with E-state index in [4.69, 9.17) is 16.3 Å². The van der Waals surface area contributed by atoms with E-state index in [9.17, 15) is 14.7 Å². The van der Waals surface area contributed by atoms with Crippen LogP contribution in [-0.2, 0) is 4.74 Å². The summed E-state index contributed by atoms with van der Waals surface area (Å²) in [5, 5.41) is 10.5. The van der Waals surface area contributed by atoms with Gasteiger partial charge in [-0.05, 0) is 24.3 Å². The summed E-state index contributed by atoms with van der Waals surface area (Å²) in [6, 6.07) is 11.7. The summed E-state index contributed by atoms with van der Waals surface area (Å²) in [5.41, 5.74) is 1.53. The number of hydrogen-bond acceptors (Lipinski definition) is 3. The van der Waals surface area contributed by atoms with Crippen molar-refractivity contribution in [1.29, 1.82) is 0 Å². The molecule has 0 saturated heterocycles. The first kappa shape index (κ1) is 15.1. The smallest absolute Gasteiger partial charge is 0.340 e. The van der Waals surface area contributed by atoms with Gasteiger partial charge < -0.3 is 14.4 Å². The molecule has 23 heavy (non-hydrogen) atoms. The number of fused-ring (bicyclic) bond motifs is 1. The zero-order chi connectivity index (χ0) is 16.6. The highest BCUT2D eigenvalue weighted by Gasteiger charge is 2.19. The Balaban J connectivity index is 2.36. The molecule has 1 aromatic heterocycles. The van der Waals surface area contributed by atoms with E-state index < -0.39 is 11.9 Å². The van der Waals surface area contributed by atoms with Crippen molar-refractivity contribution in [3.63, 3.8) is 0 Å². The predicted molar refractivity (Wildman–Crippen MR) is 86.6 cm³/mol. The summed E-state index contributed by atoms with van der Waals surface area (Å²) in [5.74, 6) is -1.56. The lowest BCUT2D eigenvalue weighted by atomic mass is 10.1. The number of para-hydroxylation sites is 1. The molecule has 0 fully saturated rings. The molecular weight excluding hydrogens is 318 g/mol. The van der Waals surface area contributed by atoms with E-state index in [1.807, 2.05) is 6.07 Å². The molecule has 6 heteroatoms. The van der Waals surface area contributed by atoms with Crippen LogP contribution in [0.3, 0.4) is 0 Å². The molecule has 0 radical (unpaired) electrons. The van der Waals surface area contributed by atoms with Crippen molar-refractivity contribution in [1.82, 2.24) is 4.57 Å². The number of carbonyl (C=O) groups excluding carboxylic acids is 1. The van der Waals surface area contributed by atoms with Gasteiger partial charge in [-0.15, -0.1) is 0 Å². The van der Waals surface area contributed by atoms with Crippen molar-refractivity contribution >= 4 is 34.4 Å². The van der Waals surface area contributed by atoms with Crippen molar-refractivity contribution in [2.75, 3.05) is 7.11 Å². The van der Waals surface area contributed by atoms with E-state index in [1.165, 1.54) is 19.2 Å². The van der Waals surface area contributed by atoms with Gasteiger partial charge in [0.2, 0.25) is 0 Å². The van der Waals surface area contributed by atoms with Crippen molar-refractivity contribution in [3.05, 3.63) is 64.8 Å². The second-order valence-corrected chi connectivity index (χ2v) is 5.32. The van der Waals surface area contributed by atoms with Crippen LogP contribution in [-0.4, -0.2) is 28.7 Å². The van der Waals surface area contributed by atoms with Gasteiger partial charge in [-0.25, -0.2) is 9.59 Å². The zero-order valence-electron chi connectivity index (χ0n) is 12.1. The monoisotopic (exact) mass is 329 g/mol. The number of benzene rings is 2. The van der Waals surface area contributed by atoms with Crippen LogP contribution in [0.2, 0.25) is 5.02 Å². The first-order chi connectivity index (χ1) is 11.0. The molecule has 2 aromatic carbocycles. The van der Waals surface area contributed by atoms with Crippen LogP contribution in [0.4, 0.5) is 0 Å². The summed E-state index contributed by atoms with van der Waals surface area (Å²) >= 11 is 6.02. The molecule has 0 aliphatic carbocycles. The van der Waals surface area contributed by atoms with Crippen molar-refractivity contribution in [2.24, 2.45) is 0 Å². The van der Waals surface area contributed by atoms with E-state index in [0.717, 1.165) is 0 Å². The number of esters is 1. The van der Waals surface area contributed by atoms with Gasteiger partial charge in [-0.2, -0.15) is 0 Å². The quantitative estimate of drug-likeness (QED) is 0.743. The third-order valence-corrected chi connectivity index (χ3v) is 3.80. The van der Waals surface area contributed by atoms with Gasteiger partial charge in [0.15, 0.2) is 0 Å². The zero-order valence-corrected chi connectivity index (χ0v) is 12.9. The topological polar surface area (TPSA) is 68.5 Å². The molecule has 1 heterocycles. The number of carboxylic acid groups (broad SMARTS) is 1. The molecule has 1 N–H and O–H groups in total. The number of carboxylic acids is 1. The van der Waals surface area contributed by atoms with Crippen molar-refractivity contribution < 1.29 is 19.4 Å². The normalized spacial score (nSPS) is 10.7. The largest absolute Gasteiger partial charge is 0.478 e. The number of carbonyl (C=O) groups is 2. The number of aromatic nitrogens is 1. The Labute approximate surface area is 136 Å². The summed E-state index contributed by atoms with van der Waals surface area (Å²) < 4.78 is 6.44. The average Bonchev–Trinajstić information content (AvgIpc) is 2.93. The van der Waals surface area contributed by atoms with Crippen molar-refractivity contribution in [3.8, 4) is 5.69 Å². The van der Waals surface area contributed by atoms with E-state index >= 15 is 0 Å². The number of nitrogens with zero attached hydrogens (tertiary/aromatic N) is 1. The number of aromatic carboxylic acids is 1. The highest BCUT2D eigenvalue weighted by molar-refractivity contribution is 6.31. The minimum absolute atomic E-state index is 0.0894. The second-order valence-electron chi connectivity index (χ2n) is 4.89. The second kappa shape index (κ2) is 5.78. The van der Waals surface area contributed by atoms with Gasteiger partial charge in [0.05, 0.1) is 29.4 Å². The van der Waals surface area contributed by atoms with Gasteiger partial charge in [0.1, 0.15) is 0 Å². The number of hydrogen-bond donors (Lipinski definition) is 1. The maximum atomic E-state index is 12.0. The first-order valence-electron chi connectivity index (χ1n) is 6.74. The fraction of sp³-hybridized carbons (Fsp3) is 0.0588. The SMILES string of the molecule is COC(=O)c1cn(-c2cc(Cl)ccc2C(=O)O)c2ccccc12. The average molecular weight is 330 g/mol. The van der Waals surface area contributed by atoms with Gasteiger partial charge in [-0.3, -0.25) is 0 Å². The summed E-state index contributed by atoms with van der Waals surface area (Å²) in [7, 11) is 1.30. The molecule has 3 aromatic rings. The Morgan fingerprint density at radius 3 is 2.57 bits per heavy atom. The molecule has 0 unspecified atom stereocenters. The molecule has 0 amide bonds. The molecule has 0 spiro atoms. The number of ether oxygens (including phenoxy) is 1. The molecule has 0 atom stereocenters. The standard InChI is InChI=1S/C17H12ClNO4/c1-23-17(22)13-9-19(14-5-3-2-4-11(13)14)15-8-10(18)6-7-12(15)16(20)21/h2-9H,1H3,(H,20,21). The van der Waals surface area contributed by atoms with E-state index in [1.54, 1.807) is 35.0 Å². The fourth-order valence-corrected chi connectivity index (χ4v) is 2.70. The molecular formula is C17H12ClNO4. The molecule has 0 saturated carbocycles. The lowest BCUT2D eigenvalue weighted by Crippen LogP contribution is -2.05. The Morgan fingerprint density at radius 1 is 1.13 bits per heavy atom. The van der Waals surface area contributed by atoms with Gasteiger partial charge >= 0.3 is 11.9 Å². The summed E-state index contributed by atoms with van der Waals surface area (Å²) in [4.78, 5) is 23.5. The molecule has 5 nitrogen and oxygen atoms in total. The van der Waals surface area contributed by atoms with Crippen LogP contribution in [0.15, 0.2) is 48.7 Å².